The summed E-state index contributed by atoms with van der Waals surface area (Å²) >= 11 is 0. The van der Waals surface area contributed by atoms with Crippen LogP contribution in [0.4, 0.5) is 4.79 Å². The van der Waals surface area contributed by atoms with Crippen molar-refractivity contribution in [3.05, 3.63) is 12.2 Å². The summed E-state index contributed by atoms with van der Waals surface area (Å²) in [5, 5.41) is 2.75. The predicted molar refractivity (Wildman–Crippen MR) is 78.4 cm³/mol. The van der Waals surface area contributed by atoms with Gasteiger partial charge in [-0.05, 0) is 32.6 Å². The van der Waals surface area contributed by atoms with Crippen LogP contribution in [0.25, 0.3) is 0 Å². The van der Waals surface area contributed by atoms with Crippen molar-refractivity contribution >= 4 is 12.1 Å². The first-order chi connectivity index (χ1) is 8.93. The van der Waals surface area contributed by atoms with Crippen LogP contribution in [0.3, 0.4) is 0 Å². The molecule has 116 valence electrons. The first-order valence-electron chi connectivity index (χ1n) is 6.68. The number of amides is 1. The van der Waals surface area contributed by atoms with Gasteiger partial charge in [-0.2, -0.15) is 0 Å². The zero-order valence-corrected chi connectivity index (χ0v) is 13.6. The summed E-state index contributed by atoms with van der Waals surface area (Å²) in [6.45, 7) is 11.6. The Morgan fingerprint density at radius 1 is 1.15 bits per heavy atom. The van der Waals surface area contributed by atoms with E-state index >= 15 is 0 Å². The highest BCUT2D eigenvalue weighted by Gasteiger charge is 2.22. The second-order valence-electron chi connectivity index (χ2n) is 6.90. The lowest BCUT2D eigenvalue weighted by atomic mass is 9.88. The van der Waals surface area contributed by atoms with Crippen molar-refractivity contribution in [3.63, 3.8) is 0 Å². The quantitative estimate of drug-likeness (QED) is 0.637. The Bertz CT molecular complexity index is 361. The van der Waals surface area contributed by atoms with Crippen LogP contribution < -0.4 is 5.32 Å². The number of hydrogen-bond acceptors (Lipinski definition) is 4. The van der Waals surface area contributed by atoms with Gasteiger partial charge in [0.25, 0.3) is 0 Å². The molecule has 0 fully saturated rings. The summed E-state index contributed by atoms with van der Waals surface area (Å²) in [7, 11) is 1.31. The number of esters is 1. The molecule has 0 aliphatic carbocycles. The first-order valence-corrected chi connectivity index (χ1v) is 6.68. The third-order valence-corrected chi connectivity index (χ3v) is 2.20. The fraction of sp³-hybridized carbons (Fsp3) is 0.733. The van der Waals surface area contributed by atoms with Crippen LogP contribution in [0.5, 0.6) is 0 Å². The van der Waals surface area contributed by atoms with Crippen molar-refractivity contribution in [1.29, 1.82) is 0 Å². The second kappa shape index (κ2) is 7.31. The Kier molecular flexibility index (Phi) is 6.76. The number of methoxy groups -OCH3 is 1. The first kappa shape index (κ1) is 18.5. The topological polar surface area (TPSA) is 64.6 Å². The van der Waals surface area contributed by atoms with E-state index in [1.807, 2.05) is 0 Å². The zero-order valence-electron chi connectivity index (χ0n) is 13.6. The Labute approximate surface area is 121 Å². The minimum absolute atomic E-state index is 0.000137. The molecule has 0 spiro atoms. The van der Waals surface area contributed by atoms with Gasteiger partial charge in [0, 0.05) is 6.08 Å². The molecule has 0 aromatic rings. The van der Waals surface area contributed by atoms with E-state index in [-0.39, 0.29) is 11.5 Å². The van der Waals surface area contributed by atoms with E-state index in [0.29, 0.717) is 6.42 Å². The molecule has 0 bridgehead atoms. The molecule has 1 amide bonds. The van der Waals surface area contributed by atoms with Gasteiger partial charge in [0.2, 0.25) is 0 Å². The maximum absolute atomic E-state index is 11.8. The van der Waals surface area contributed by atoms with E-state index in [1.54, 1.807) is 26.8 Å². The van der Waals surface area contributed by atoms with E-state index in [4.69, 9.17) is 4.74 Å². The SMILES string of the molecule is COC(=O)/C=C/[C@H](CC(C)(C)C)NC(=O)OC(C)(C)C. The molecule has 1 N–H and O–H groups in total. The number of nitrogens with one attached hydrogen (secondary N) is 1. The van der Waals surface area contributed by atoms with E-state index < -0.39 is 17.7 Å². The molecule has 5 heteroatoms. The van der Waals surface area contributed by atoms with Crippen molar-refractivity contribution in [2.45, 2.75) is 59.6 Å². The van der Waals surface area contributed by atoms with Crippen LogP contribution >= 0.6 is 0 Å². The molecular weight excluding hydrogens is 258 g/mol. The van der Waals surface area contributed by atoms with Crippen LogP contribution in [0.1, 0.15) is 48.0 Å². The third-order valence-electron chi connectivity index (χ3n) is 2.20. The van der Waals surface area contributed by atoms with Crippen LogP contribution in [0.15, 0.2) is 12.2 Å². The van der Waals surface area contributed by atoms with Crippen molar-refractivity contribution in [3.8, 4) is 0 Å². The summed E-state index contributed by atoms with van der Waals surface area (Å²) in [5.74, 6) is -0.449. The van der Waals surface area contributed by atoms with Crippen LogP contribution in [-0.2, 0) is 14.3 Å². The molecule has 0 aliphatic heterocycles. The smallest absolute Gasteiger partial charge is 0.408 e. The Hall–Kier alpha value is -1.52. The highest BCUT2D eigenvalue weighted by Crippen LogP contribution is 2.21. The van der Waals surface area contributed by atoms with Gasteiger partial charge in [-0.1, -0.05) is 26.8 Å². The summed E-state index contributed by atoms with van der Waals surface area (Å²) in [5.41, 5.74) is -0.553. The molecule has 0 heterocycles. The van der Waals surface area contributed by atoms with Crippen LogP contribution in [0, 0.1) is 5.41 Å². The van der Waals surface area contributed by atoms with Gasteiger partial charge in [0.15, 0.2) is 0 Å². The van der Waals surface area contributed by atoms with E-state index in [2.05, 4.69) is 30.8 Å². The fourth-order valence-corrected chi connectivity index (χ4v) is 1.55. The summed E-state index contributed by atoms with van der Waals surface area (Å²) in [6, 6.07) is -0.288. The molecule has 1 atom stereocenters. The van der Waals surface area contributed by atoms with E-state index in [9.17, 15) is 9.59 Å². The maximum Gasteiger partial charge on any atom is 0.408 e. The molecular formula is C15H27NO4. The summed E-state index contributed by atoms with van der Waals surface area (Å²) in [6.07, 6.45) is 3.12. The van der Waals surface area contributed by atoms with Gasteiger partial charge < -0.3 is 14.8 Å². The lowest BCUT2D eigenvalue weighted by molar-refractivity contribution is -0.134. The van der Waals surface area contributed by atoms with E-state index in [0.717, 1.165) is 0 Å². The van der Waals surface area contributed by atoms with Crippen LogP contribution in [-0.4, -0.2) is 30.8 Å². The molecule has 0 aromatic carbocycles. The van der Waals surface area contributed by atoms with E-state index in [1.165, 1.54) is 13.2 Å². The van der Waals surface area contributed by atoms with Crippen LogP contribution in [0.2, 0.25) is 0 Å². The average Bonchev–Trinajstić information content (AvgIpc) is 2.20. The zero-order chi connectivity index (χ0) is 16.0. The minimum atomic E-state index is -0.553. The molecule has 0 saturated carbocycles. The lowest BCUT2D eigenvalue weighted by Gasteiger charge is -2.26. The number of carbonyl (C=O) groups is 2. The Morgan fingerprint density at radius 2 is 1.70 bits per heavy atom. The largest absolute Gasteiger partial charge is 0.466 e. The molecule has 0 unspecified atom stereocenters. The fourth-order valence-electron chi connectivity index (χ4n) is 1.55. The minimum Gasteiger partial charge on any atom is -0.466 e. The molecule has 0 radical (unpaired) electrons. The average molecular weight is 285 g/mol. The molecule has 0 aromatic heterocycles. The Balaban J connectivity index is 4.73. The van der Waals surface area contributed by atoms with Crippen molar-refractivity contribution in [1.82, 2.24) is 5.32 Å². The highest BCUT2D eigenvalue weighted by atomic mass is 16.6. The lowest BCUT2D eigenvalue weighted by Crippen LogP contribution is -2.40. The standard InChI is InChI=1S/C15H27NO4/c1-14(2,3)10-11(8-9-12(17)19-7)16-13(18)20-15(4,5)6/h8-9,11H,10H2,1-7H3,(H,16,18)/b9-8+/t11-/m1/s1. The summed E-state index contributed by atoms with van der Waals surface area (Å²) in [4.78, 5) is 22.9. The number of alkyl carbamates (subject to hydrolysis) is 1. The Morgan fingerprint density at radius 3 is 2.10 bits per heavy atom. The highest BCUT2D eigenvalue weighted by molar-refractivity contribution is 5.82. The normalized spacial score (nSPS) is 13.9. The van der Waals surface area contributed by atoms with Gasteiger partial charge in [-0.25, -0.2) is 9.59 Å². The molecule has 0 aliphatic rings. The molecule has 0 rings (SSSR count). The van der Waals surface area contributed by atoms with Gasteiger partial charge in [-0.15, -0.1) is 0 Å². The summed E-state index contributed by atoms with van der Waals surface area (Å²) < 4.78 is 9.76. The van der Waals surface area contributed by atoms with Crippen molar-refractivity contribution in [2.75, 3.05) is 7.11 Å². The number of hydrogen-bond donors (Lipinski definition) is 1. The maximum atomic E-state index is 11.8. The number of carbonyl (C=O) groups excluding carboxylic acids is 2. The molecule has 0 saturated heterocycles. The van der Waals surface area contributed by atoms with Gasteiger partial charge in [0.1, 0.15) is 5.60 Å². The number of ether oxygens (including phenoxy) is 2. The second-order valence-corrected chi connectivity index (χ2v) is 6.90. The number of rotatable bonds is 4. The van der Waals surface area contributed by atoms with Crippen molar-refractivity contribution < 1.29 is 19.1 Å². The van der Waals surface area contributed by atoms with Gasteiger partial charge in [0.05, 0.1) is 13.2 Å². The van der Waals surface area contributed by atoms with Crippen molar-refractivity contribution in [2.24, 2.45) is 5.41 Å². The monoisotopic (exact) mass is 285 g/mol. The molecule has 5 nitrogen and oxygen atoms in total. The third kappa shape index (κ3) is 10.4. The molecule has 20 heavy (non-hydrogen) atoms. The van der Waals surface area contributed by atoms with Gasteiger partial charge in [-0.3, -0.25) is 0 Å². The van der Waals surface area contributed by atoms with Gasteiger partial charge >= 0.3 is 12.1 Å². The predicted octanol–water partition coefficient (Wildman–Crippen LogP) is 3.05.